The number of nitrogens with zero attached hydrogens (tertiary/aromatic N) is 1. The largest absolute Gasteiger partial charge is 0.212 e. The molecule has 0 unspecified atom stereocenters. The number of hydrogen-bond acceptors (Lipinski definition) is 4. The highest BCUT2D eigenvalue weighted by molar-refractivity contribution is 5.79. The molecule has 1 aromatic heterocycles. The van der Waals surface area contributed by atoms with Crippen LogP contribution in [0.1, 0.15) is 18.2 Å². The average Bonchev–Trinajstić information content (AvgIpc) is 2.27. The Kier molecular flexibility index (Phi) is 5.22. The van der Waals surface area contributed by atoms with Gasteiger partial charge in [0.1, 0.15) is 6.54 Å². The van der Waals surface area contributed by atoms with Crippen LogP contribution < -0.4 is 18.5 Å². The highest BCUT2D eigenvalue weighted by Crippen LogP contribution is 2.15. The first-order chi connectivity index (χ1) is 8.74. The molecule has 0 saturated carbocycles. The molecule has 104 valence electrons. The molecule has 0 radical (unpaired) electrons. The minimum Gasteiger partial charge on any atom is -0.196 e. The third-order valence-electron chi connectivity index (χ3n) is 2.79. The molecule has 1 heterocycles. The predicted molar refractivity (Wildman–Crippen MR) is 61.5 cm³/mol. The van der Waals surface area contributed by atoms with Crippen LogP contribution in [0.25, 0.3) is 10.9 Å². The van der Waals surface area contributed by atoms with Crippen LogP contribution in [0.4, 0.5) is 0 Å². The Hall–Kier alpha value is -1.24. The van der Waals surface area contributed by atoms with Crippen LogP contribution in [0.5, 0.6) is 0 Å². The van der Waals surface area contributed by atoms with Crippen LogP contribution >= 0.6 is 0 Å². The molecule has 0 amide bonds. The Morgan fingerprint density at radius 2 is 1.68 bits per heavy atom. The molecular formula is C13H17ClNO4+. The Morgan fingerprint density at radius 3 is 2.21 bits per heavy atom. The molecule has 0 aliphatic carbocycles. The maximum Gasteiger partial charge on any atom is 0.212 e. The first-order valence-corrected chi connectivity index (χ1v) is 7.02. The summed E-state index contributed by atoms with van der Waals surface area (Å²) >= 11 is 0. The van der Waals surface area contributed by atoms with Crippen molar-refractivity contribution in [1.29, 1.82) is 0 Å². The van der Waals surface area contributed by atoms with Gasteiger partial charge in [0, 0.05) is 24.4 Å². The first kappa shape index (κ1) is 15.8. The molecule has 5 nitrogen and oxygen atoms in total. The summed E-state index contributed by atoms with van der Waals surface area (Å²) in [6.45, 7) is 7.57. The van der Waals surface area contributed by atoms with E-state index in [0.29, 0.717) is 0 Å². The number of aryl methyl sites for hydroxylation is 3. The van der Waals surface area contributed by atoms with Gasteiger partial charge in [0.25, 0.3) is 0 Å². The minimum absolute atomic E-state index is 1.03. The number of halogens is 1. The second kappa shape index (κ2) is 6.27. The first-order valence-electron chi connectivity index (χ1n) is 5.76. The zero-order valence-corrected chi connectivity index (χ0v) is 11.8. The quantitative estimate of drug-likeness (QED) is 0.655. The zero-order valence-electron chi connectivity index (χ0n) is 11.1. The van der Waals surface area contributed by atoms with E-state index in [1.165, 1.54) is 22.2 Å². The van der Waals surface area contributed by atoms with Crippen LogP contribution in [-0.4, -0.2) is 4.66 Å². The maximum atomic E-state index is 8.60. The van der Waals surface area contributed by atoms with Gasteiger partial charge < -0.3 is 0 Å². The van der Waals surface area contributed by atoms with Crippen LogP contribution in [0, 0.1) is 24.1 Å². The molecular weight excluding hydrogens is 270 g/mol. The highest BCUT2D eigenvalue weighted by atomic mass is 35.7. The second-order valence-electron chi connectivity index (χ2n) is 4.13. The number of hydrogen-bond donors (Lipinski definition) is 1. The molecule has 2 rings (SSSR count). The Bertz CT molecular complexity index is 560. The van der Waals surface area contributed by atoms with Crippen molar-refractivity contribution in [2.24, 2.45) is 0 Å². The molecule has 1 N–H and O–H groups in total. The van der Waals surface area contributed by atoms with Crippen molar-refractivity contribution in [2.75, 3.05) is 0 Å². The molecule has 6 heteroatoms. The summed E-state index contributed by atoms with van der Waals surface area (Å²) in [4.78, 5) is 0. The van der Waals surface area contributed by atoms with Crippen molar-refractivity contribution in [3.05, 3.63) is 41.6 Å². The number of aromatic nitrogens is 1. The molecule has 0 fully saturated rings. The summed E-state index contributed by atoms with van der Waals surface area (Å²) in [5, 5.41) is 1.36. The van der Waals surface area contributed by atoms with Crippen molar-refractivity contribution < 1.29 is 33.4 Å². The smallest absolute Gasteiger partial charge is 0.196 e. The lowest BCUT2D eigenvalue weighted by Crippen LogP contribution is -2.58. The van der Waals surface area contributed by atoms with E-state index in [4.69, 9.17) is 18.6 Å². The molecule has 1 aromatic carbocycles. The summed E-state index contributed by atoms with van der Waals surface area (Å²) in [6, 6.07) is 10.8. The van der Waals surface area contributed by atoms with Crippen LogP contribution in [0.2, 0.25) is 0 Å². The van der Waals surface area contributed by atoms with Crippen molar-refractivity contribution in [3.63, 3.8) is 0 Å². The van der Waals surface area contributed by atoms with Gasteiger partial charge in [0.2, 0.25) is 5.52 Å². The second-order valence-corrected chi connectivity index (χ2v) is 4.92. The number of rotatable bonds is 1. The average molecular weight is 287 g/mol. The van der Waals surface area contributed by atoms with Crippen LogP contribution in [0.3, 0.4) is 0 Å². The Morgan fingerprint density at radius 1 is 1.16 bits per heavy atom. The summed E-state index contributed by atoms with van der Waals surface area (Å²) in [5.74, 6) is 0. The molecule has 0 spiro atoms. The summed E-state index contributed by atoms with van der Waals surface area (Å²) in [7, 11) is -4.69. The molecule has 0 atom stereocenters. The van der Waals surface area contributed by atoms with Crippen molar-refractivity contribution >= 4 is 10.9 Å². The van der Waals surface area contributed by atoms with E-state index < -0.39 is 10.2 Å². The van der Waals surface area contributed by atoms with Gasteiger partial charge in [-0.25, -0.2) is 0 Å². The van der Waals surface area contributed by atoms with Gasteiger partial charge in [-0.2, -0.15) is 18.5 Å². The van der Waals surface area contributed by atoms with Gasteiger partial charge >= 0.3 is 0 Å². The molecule has 2 aromatic rings. The Labute approximate surface area is 114 Å². The third kappa shape index (κ3) is 4.74. The fourth-order valence-corrected chi connectivity index (χ4v) is 2.12. The fraction of sp³-hybridized carbons (Fsp3) is 0.308. The lowest BCUT2D eigenvalue weighted by Gasteiger charge is -2.04. The van der Waals surface area contributed by atoms with Crippen LogP contribution in [-0.2, 0) is 6.54 Å². The molecule has 0 bridgehead atoms. The van der Waals surface area contributed by atoms with Crippen molar-refractivity contribution in [1.82, 2.24) is 0 Å². The van der Waals surface area contributed by atoms with Gasteiger partial charge in [0.05, 0.1) is 14.9 Å². The molecule has 0 aliphatic rings. The normalized spacial score (nSPS) is 11.1. The van der Waals surface area contributed by atoms with Crippen molar-refractivity contribution in [3.8, 4) is 0 Å². The Balaban J connectivity index is 0.000000312. The summed E-state index contributed by atoms with van der Waals surface area (Å²) < 4.78 is 35.1. The van der Waals surface area contributed by atoms with Gasteiger partial charge in [0.15, 0.2) is 5.69 Å². The number of benzene rings is 1. The summed E-state index contributed by atoms with van der Waals surface area (Å²) in [6.07, 6.45) is 0. The third-order valence-corrected chi connectivity index (χ3v) is 2.79. The molecule has 0 saturated heterocycles. The minimum atomic E-state index is -4.69. The van der Waals surface area contributed by atoms with E-state index >= 15 is 0 Å². The SMILES string of the molecule is CC[n+]1c(C)cc(C)c2ccccc21.[O-][Cl+3]([O-])([O-])O. The van der Waals surface area contributed by atoms with E-state index in [-0.39, 0.29) is 0 Å². The number of para-hydroxylation sites is 1. The molecule has 0 aliphatic heterocycles. The predicted octanol–water partition coefficient (Wildman–Crippen LogP) is -1.36. The maximum absolute atomic E-state index is 8.60. The number of fused-ring (bicyclic) bond motifs is 1. The fourth-order valence-electron chi connectivity index (χ4n) is 2.12. The number of pyridine rings is 1. The van der Waals surface area contributed by atoms with Gasteiger partial charge in [-0.05, 0) is 25.5 Å². The highest BCUT2D eigenvalue weighted by Gasteiger charge is 2.11. The lowest BCUT2D eigenvalue weighted by atomic mass is 10.1. The topological polar surface area (TPSA) is 93.3 Å². The van der Waals surface area contributed by atoms with E-state index in [2.05, 4.69) is 55.7 Å². The summed E-state index contributed by atoms with van der Waals surface area (Å²) in [5.41, 5.74) is 4.04. The van der Waals surface area contributed by atoms with E-state index in [1.54, 1.807) is 0 Å². The van der Waals surface area contributed by atoms with Crippen LogP contribution in [0.15, 0.2) is 30.3 Å². The van der Waals surface area contributed by atoms with Gasteiger partial charge in [-0.1, -0.05) is 12.1 Å². The lowest BCUT2D eigenvalue weighted by molar-refractivity contribution is -1.92. The van der Waals surface area contributed by atoms with Gasteiger partial charge in [-0.3, -0.25) is 0 Å². The van der Waals surface area contributed by atoms with Gasteiger partial charge in [-0.15, -0.1) is 0 Å². The van der Waals surface area contributed by atoms with E-state index in [1.807, 2.05) is 0 Å². The monoisotopic (exact) mass is 286 g/mol. The molecule has 19 heavy (non-hydrogen) atoms. The van der Waals surface area contributed by atoms with E-state index in [9.17, 15) is 0 Å². The van der Waals surface area contributed by atoms with E-state index in [0.717, 1.165) is 6.54 Å². The zero-order chi connectivity index (χ0) is 14.6. The standard InChI is InChI=1S/C13H16N.ClHO4/c1-4-14-11(3)9-10(2)12-7-5-6-8-13(12)14;2-1(3,4)5/h5-9H,4H2,1-3H3;(H,2,3,4,5)/q+1;. The van der Waals surface area contributed by atoms with Crippen molar-refractivity contribution in [2.45, 2.75) is 27.3 Å².